The summed E-state index contributed by atoms with van der Waals surface area (Å²) < 4.78 is 3.06. The second kappa shape index (κ2) is 4.17. The summed E-state index contributed by atoms with van der Waals surface area (Å²) in [6.45, 7) is 3.16. The Hall–Kier alpha value is -1.16. The summed E-state index contributed by atoms with van der Waals surface area (Å²) in [6.07, 6.45) is 7.62. The molecule has 0 radical (unpaired) electrons. The van der Waals surface area contributed by atoms with E-state index in [1.807, 2.05) is 12.3 Å². The van der Waals surface area contributed by atoms with E-state index in [1.54, 1.807) is 0 Å². The Morgan fingerprint density at radius 3 is 3.05 bits per heavy atom. The molecule has 4 heteroatoms. The molecule has 2 aliphatic carbocycles. The van der Waals surface area contributed by atoms with Crippen LogP contribution in [0.25, 0.3) is 11.2 Å². The third kappa shape index (κ3) is 1.76. The third-order valence-corrected chi connectivity index (χ3v) is 5.50. The number of fused-ring (bicyclic) bond motifs is 3. The van der Waals surface area contributed by atoms with Crippen LogP contribution in [0.15, 0.2) is 12.3 Å². The van der Waals surface area contributed by atoms with Gasteiger partial charge in [0.2, 0.25) is 0 Å². The van der Waals surface area contributed by atoms with Crippen LogP contribution in [0.2, 0.25) is 0 Å². The Balaban J connectivity index is 1.73. The fourth-order valence-corrected chi connectivity index (χ4v) is 4.44. The van der Waals surface area contributed by atoms with Crippen molar-refractivity contribution in [2.45, 2.75) is 39.2 Å². The van der Waals surface area contributed by atoms with Gasteiger partial charge in [-0.25, -0.2) is 4.98 Å². The Morgan fingerprint density at radius 2 is 2.32 bits per heavy atom. The predicted molar refractivity (Wildman–Crippen MR) is 78.6 cm³/mol. The van der Waals surface area contributed by atoms with Crippen molar-refractivity contribution in [1.82, 2.24) is 14.5 Å². The molecule has 0 amide bonds. The van der Waals surface area contributed by atoms with Gasteiger partial charge in [-0.15, -0.1) is 0 Å². The number of aromatic amines is 1. The third-order valence-electron chi connectivity index (χ3n) is 5.17. The zero-order chi connectivity index (χ0) is 13.0. The van der Waals surface area contributed by atoms with E-state index < -0.39 is 0 Å². The Labute approximate surface area is 118 Å². The molecule has 0 spiro atoms. The molecule has 3 atom stereocenters. The second-order valence-electron chi connectivity index (χ2n) is 6.30. The van der Waals surface area contributed by atoms with Gasteiger partial charge in [0.15, 0.2) is 10.4 Å². The van der Waals surface area contributed by atoms with Crippen LogP contribution in [0.3, 0.4) is 0 Å². The molecule has 0 saturated heterocycles. The number of hydrogen-bond acceptors (Lipinski definition) is 2. The maximum Gasteiger partial charge on any atom is 0.179 e. The van der Waals surface area contributed by atoms with Crippen LogP contribution >= 0.6 is 12.2 Å². The molecule has 2 aromatic rings. The quantitative estimate of drug-likeness (QED) is 0.843. The van der Waals surface area contributed by atoms with E-state index in [0.717, 1.165) is 40.2 Å². The minimum atomic E-state index is 0.812. The summed E-state index contributed by atoms with van der Waals surface area (Å²) in [4.78, 5) is 7.86. The lowest BCUT2D eigenvalue weighted by Gasteiger charge is -2.22. The highest BCUT2D eigenvalue weighted by molar-refractivity contribution is 7.71. The molecule has 2 aromatic heterocycles. The average Bonchev–Trinajstić information content (AvgIpc) is 3.07. The average molecular weight is 273 g/mol. The van der Waals surface area contributed by atoms with E-state index in [4.69, 9.17) is 12.2 Å². The minimum absolute atomic E-state index is 0.812. The van der Waals surface area contributed by atoms with E-state index in [2.05, 4.69) is 21.5 Å². The van der Waals surface area contributed by atoms with Crippen LogP contribution in [0, 0.1) is 29.4 Å². The van der Waals surface area contributed by atoms with Crippen molar-refractivity contribution in [2.75, 3.05) is 0 Å². The fourth-order valence-electron chi connectivity index (χ4n) is 4.18. The van der Waals surface area contributed by atoms with Gasteiger partial charge in [0.05, 0.1) is 5.52 Å². The van der Waals surface area contributed by atoms with E-state index >= 15 is 0 Å². The maximum atomic E-state index is 5.50. The van der Waals surface area contributed by atoms with Gasteiger partial charge in [-0.2, -0.15) is 0 Å². The number of H-pyrrole nitrogens is 1. The maximum absolute atomic E-state index is 5.50. The van der Waals surface area contributed by atoms with Gasteiger partial charge < -0.3 is 9.55 Å². The van der Waals surface area contributed by atoms with Gasteiger partial charge >= 0.3 is 0 Å². The first kappa shape index (κ1) is 11.6. The molecule has 4 rings (SSSR count). The summed E-state index contributed by atoms with van der Waals surface area (Å²) in [6, 6.07) is 2.04. The normalized spacial score (nSPS) is 29.4. The molecular weight excluding hydrogens is 254 g/mol. The number of imidazole rings is 1. The molecule has 2 saturated carbocycles. The molecule has 100 valence electrons. The summed E-state index contributed by atoms with van der Waals surface area (Å²) in [5, 5.41) is 0. The van der Waals surface area contributed by atoms with Crippen molar-refractivity contribution in [1.29, 1.82) is 0 Å². The van der Waals surface area contributed by atoms with Gasteiger partial charge in [0, 0.05) is 12.7 Å². The first-order valence-electron chi connectivity index (χ1n) is 7.26. The van der Waals surface area contributed by atoms with Gasteiger partial charge in [0.1, 0.15) is 0 Å². The summed E-state index contributed by atoms with van der Waals surface area (Å²) in [5.41, 5.74) is 3.37. The number of aromatic nitrogens is 3. The molecule has 1 N–H and O–H groups in total. The molecule has 0 aliphatic heterocycles. The predicted octanol–water partition coefficient (Wildman–Crippen LogP) is 3.84. The summed E-state index contributed by atoms with van der Waals surface area (Å²) in [5.74, 6) is 2.73. The van der Waals surface area contributed by atoms with E-state index in [-0.39, 0.29) is 0 Å². The lowest BCUT2D eigenvalue weighted by Crippen LogP contribution is -2.17. The zero-order valence-electron chi connectivity index (χ0n) is 11.2. The molecule has 0 aromatic carbocycles. The number of nitrogens with one attached hydrogen (secondary N) is 1. The SMILES string of the molecule is Cc1ccnc2c1[nH]c(=S)n2CC1CC2CCC1C2. The van der Waals surface area contributed by atoms with Crippen LogP contribution < -0.4 is 0 Å². The highest BCUT2D eigenvalue weighted by Gasteiger charge is 2.39. The summed E-state index contributed by atoms with van der Waals surface area (Å²) >= 11 is 5.50. The highest BCUT2D eigenvalue weighted by atomic mass is 32.1. The summed E-state index contributed by atoms with van der Waals surface area (Å²) in [7, 11) is 0. The molecule has 3 unspecified atom stereocenters. The number of nitrogens with zero attached hydrogens (tertiary/aromatic N) is 2. The molecule has 2 bridgehead atoms. The first-order valence-corrected chi connectivity index (χ1v) is 7.67. The Kier molecular flexibility index (Phi) is 2.56. The van der Waals surface area contributed by atoms with Crippen LogP contribution in [0.1, 0.15) is 31.2 Å². The monoisotopic (exact) mass is 273 g/mol. The van der Waals surface area contributed by atoms with Crippen molar-refractivity contribution in [3.63, 3.8) is 0 Å². The van der Waals surface area contributed by atoms with Gasteiger partial charge in [-0.05, 0) is 67.8 Å². The topological polar surface area (TPSA) is 33.6 Å². The van der Waals surface area contributed by atoms with Crippen molar-refractivity contribution in [3.05, 3.63) is 22.6 Å². The molecular formula is C15H19N3S. The number of pyridine rings is 1. The van der Waals surface area contributed by atoms with E-state index in [1.165, 1.54) is 31.2 Å². The van der Waals surface area contributed by atoms with Gasteiger partial charge in [-0.3, -0.25) is 0 Å². The largest absolute Gasteiger partial charge is 0.329 e. The van der Waals surface area contributed by atoms with Crippen LogP contribution in [0.5, 0.6) is 0 Å². The van der Waals surface area contributed by atoms with Crippen molar-refractivity contribution >= 4 is 23.4 Å². The Bertz CT molecular complexity index is 684. The van der Waals surface area contributed by atoms with Crippen molar-refractivity contribution in [3.8, 4) is 0 Å². The van der Waals surface area contributed by atoms with Crippen LogP contribution in [-0.4, -0.2) is 14.5 Å². The fraction of sp³-hybridized carbons (Fsp3) is 0.600. The standard InChI is InChI=1S/C15H19N3S/c1-9-4-5-16-14-13(9)17-15(19)18(14)8-12-7-10-2-3-11(12)6-10/h4-5,10-12H,2-3,6-8H2,1H3,(H,17,19). The van der Waals surface area contributed by atoms with Crippen molar-refractivity contribution in [2.24, 2.45) is 17.8 Å². The molecule has 19 heavy (non-hydrogen) atoms. The number of aryl methyl sites for hydroxylation is 1. The number of rotatable bonds is 2. The smallest absolute Gasteiger partial charge is 0.179 e. The lowest BCUT2D eigenvalue weighted by molar-refractivity contribution is 0.297. The molecule has 2 aliphatic rings. The van der Waals surface area contributed by atoms with E-state index in [9.17, 15) is 0 Å². The molecule has 2 heterocycles. The van der Waals surface area contributed by atoms with Crippen molar-refractivity contribution < 1.29 is 0 Å². The van der Waals surface area contributed by atoms with E-state index in [0.29, 0.717) is 0 Å². The highest BCUT2D eigenvalue weighted by Crippen LogP contribution is 2.49. The molecule has 2 fully saturated rings. The van der Waals surface area contributed by atoms with Crippen LogP contribution in [0.4, 0.5) is 0 Å². The van der Waals surface area contributed by atoms with Crippen LogP contribution in [-0.2, 0) is 6.54 Å². The molecule has 3 nitrogen and oxygen atoms in total. The Morgan fingerprint density at radius 1 is 1.42 bits per heavy atom. The number of hydrogen-bond donors (Lipinski definition) is 1. The second-order valence-corrected chi connectivity index (χ2v) is 6.69. The minimum Gasteiger partial charge on any atom is -0.329 e. The zero-order valence-corrected chi connectivity index (χ0v) is 12.0. The lowest BCUT2D eigenvalue weighted by atomic mass is 9.89. The van der Waals surface area contributed by atoms with Gasteiger partial charge in [-0.1, -0.05) is 6.42 Å². The first-order chi connectivity index (χ1) is 9.22. The van der Waals surface area contributed by atoms with Gasteiger partial charge in [0.25, 0.3) is 0 Å².